The Morgan fingerprint density at radius 3 is 2.84 bits per heavy atom. The number of sulfone groups is 1. The minimum absolute atomic E-state index is 0.00616. The molecule has 0 unspecified atom stereocenters. The highest BCUT2D eigenvalue weighted by Gasteiger charge is 2.21. The Kier molecular flexibility index (Phi) is 6.08. The molecule has 9 nitrogen and oxygen atoms in total. The van der Waals surface area contributed by atoms with Crippen molar-refractivity contribution in [1.82, 2.24) is 10.3 Å². The lowest BCUT2D eigenvalue weighted by Gasteiger charge is -2.16. The van der Waals surface area contributed by atoms with Crippen molar-refractivity contribution in [3.8, 4) is 0 Å². The topological polar surface area (TPSA) is 132 Å². The number of anilines is 2. The van der Waals surface area contributed by atoms with E-state index in [0.717, 1.165) is 12.3 Å². The van der Waals surface area contributed by atoms with Crippen molar-refractivity contribution in [3.05, 3.63) is 34.2 Å². The maximum absolute atomic E-state index is 13.3. The second-order valence-corrected chi connectivity index (χ2v) is 8.24. The molecule has 12 heteroatoms. The number of hydrogen-bond acceptors (Lipinski definition) is 8. The standard InChI is InChI=1S/C13H15BrFN5O4S/c1-25(22,23)6-2-5-17-13-11(18-24-19-13)12(16)20(21)8-3-4-10(15)9(14)7-8/h3-4,7,16,21H,2,5-6H2,1H3,(H,17,19). The van der Waals surface area contributed by atoms with Gasteiger partial charge in [0, 0.05) is 12.8 Å². The summed E-state index contributed by atoms with van der Waals surface area (Å²) in [6.45, 7) is 0.259. The summed E-state index contributed by atoms with van der Waals surface area (Å²) in [7, 11) is -3.07. The molecule has 2 rings (SSSR count). The first-order valence-electron chi connectivity index (χ1n) is 6.96. The third-order valence-electron chi connectivity index (χ3n) is 3.06. The lowest BCUT2D eigenvalue weighted by Crippen LogP contribution is -2.28. The molecule has 0 saturated carbocycles. The summed E-state index contributed by atoms with van der Waals surface area (Å²) in [4.78, 5) is 0. The van der Waals surface area contributed by atoms with Gasteiger partial charge in [0.2, 0.25) is 5.82 Å². The monoisotopic (exact) mass is 435 g/mol. The number of benzene rings is 1. The average Bonchev–Trinajstić information content (AvgIpc) is 3.00. The van der Waals surface area contributed by atoms with E-state index in [1.807, 2.05) is 0 Å². The summed E-state index contributed by atoms with van der Waals surface area (Å²) < 4.78 is 40.1. The van der Waals surface area contributed by atoms with Crippen molar-refractivity contribution in [1.29, 1.82) is 5.41 Å². The highest BCUT2D eigenvalue weighted by Crippen LogP contribution is 2.24. The summed E-state index contributed by atoms with van der Waals surface area (Å²) in [6.07, 6.45) is 1.46. The average molecular weight is 436 g/mol. The number of aromatic nitrogens is 2. The van der Waals surface area contributed by atoms with Gasteiger partial charge < -0.3 is 5.32 Å². The Hall–Kier alpha value is -2.05. The maximum Gasteiger partial charge on any atom is 0.202 e. The van der Waals surface area contributed by atoms with E-state index in [4.69, 9.17) is 5.41 Å². The minimum Gasteiger partial charge on any atom is -0.365 e. The van der Waals surface area contributed by atoms with Crippen LogP contribution in [0.3, 0.4) is 0 Å². The number of amidine groups is 1. The van der Waals surface area contributed by atoms with Crippen LogP contribution < -0.4 is 10.4 Å². The second kappa shape index (κ2) is 7.89. The van der Waals surface area contributed by atoms with Gasteiger partial charge in [0.25, 0.3) is 0 Å². The molecule has 0 aliphatic heterocycles. The van der Waals surface area contributed by atoms with Crippen molar-refractivity contribution in [2.75, 3.05) is 28.9 Å². The van der Waals surface area contributed by atoms with E-state index in [2.05, 4.69) is 36.2 Å². The van der Waals surface area contributed by atoms with Gasteiger partial charge in [-0.3, -0.25) is 10.6 Å². The van der Waals surface area contributed by atoms with Crippen molar-refractivity contribution < 1.29 is 22.6 Å². The number of hydrogen-bond donors (Lipinski definition) is 3. The molecule has 0 atom stereocenters. The van der Waals surface area contributed by atoms with E-state index in [1.54, 1.807) is 0 Å². The highest BCUT2D eigenvalue weighted by molar-refractivity contribution is 9.10. The SMILES string of the molecule is CS(=O)(=O)CCCNc1nonc1C(=N)N(O)c1ccc(F)c(Br)c1. The number of halogens is 2. The summed E-state index contributed by atoms with van der Waals surface area (Å²) in [5, 5.41) is 28.6. The summed E-state index contributed by atoms with van der Waals surface area (Å²) >= 11 is 2.99. The molecule has 0 radical (unpaired) electrons. The molecule has 0 aliphatic carbocycles. The van der Waals surface area contributed by atoms with Crippen LogP contribution in [0, 0.1) is 11.2 Å². The van der Waals surface area contributed by atoms with Crippen molar-refractivity contribution >= 4 is 43.1 Å². The fourth-order valence-electron chi connectivity index (χ4n) is 1.85. The smallest absolute Gasteiger partial charge is 0.202 e. The predicted molar refractivity (Wildman–Crippen MR) is 92.3 cm³/mol. The molecule has 2 aromatic rings. The van der Waals surface area contributed by atoms with Crippen LogP contribution in [-0.4, -0.2) is 48.3 Å². The minimum atomic E-state index is -3.07. The molecule has 0 amide bonds. The number of rotatable bonds is 7. The van der Waals surface area contributed by atoms with Gasteiger partial charge in [-0.05, 0) is 50.9 Å². The quantitative estimate of drug-likeness (QED) is 0.260. The summed E-state index contributed by atoms with van der Waals surface area (Å²) in [5.74, 6) is -0.891. The molecule has 0 saturated heterocycles. The van der Waals surface area contributed by atoms with Crippen LogP contribution in [0.5, 0.6) is 0 Å². The zero-order valence-corrected chi connectivity index (χ0v) is 15.4. The zero-order chi connectivity index (χ0) is 18.6. The molecule has 0 spiro atoms. The molecule has 136 valence electrons. The van der Waals surface area contributed by atoms with Gasteiger partial charge in [-0.25, -0.2) is 22.5 Å². The zero-order valence-electron chi connectivity index (χ0n) is 13.0. The molecule has 3 N–H and O–H groups in total. The maximum atomic E-state index is 13.3. The van der Waals surface area contributed by atoms with Crippen molar-refractivity contribution in [2.45, 2.75) is 6.42 Å². The molecule has 0 aliphatic rings. The van der Waals surface area contributed by atoms with Gasteiger partial charge >= 0.3 is 0 Å². The summed E-state index contributed by atoms with van der Waals surface area (Å²) in [6, 6.07) is 3.69. The molecule has 25 heavy (non-hydrogen) atoms. The third-order valence-corrected chi connectivity index (χ3v) is 4.69. The fraction of sp³-hybridized carbons (Fsp3) is 0.308. The van der Waals surface area contributed by atoms with Crippen molar-refractivity contribution in [2.24, 2.45) is 0 Å². The molecule has 1 aromatic heterocycles. The van der Waals surface area contributed by atoms with Gasteiger partial charge in [-0.1, -0.05) is 0 Å². The second-order valence-electron chi connectivity index (χ2n) is 5.13. The lowest BCUT2D eigenvalue weighted by molar-refractivity contribution is 0.300. The summed E-state index contributed by atoms with van der Waals surface area (Å²) in [5.41, 5.74) is 0.0478. The molecule has 1 aromatic carbocycles. The Balaban J connectivity index is 2.07. The number of nitrogens with zero attached hydrogens (tertiary/aromatic N) is 3. The van der Waals surface area contributed by atoms with E-state index in [0.29, 0.717) is 11.5 Å². The number of nitrogens with one attached hydrogen (secondary N) is 2. The highest BCUT2D eigenvalue weighted by atomic mass is 79.9. The first-order chi connectivity index (χ1) is 11.7. The predicted octanol–water partition coefficient (Wildman–Crippen LogP) is 2.04. The van der Waals surface area contributed by atoms with E-state index in [1.165, 1.54) is 12.1 Å². The Bertz CT molecular complexity index is 873. The van der Waals surface area contributed by atoms with Gasteiger partial charge in [-0.15, -0.1) is 0 Å². The van der Waals surface area contributed by atoms with Gasteiger partial charge in [-0.2, -0.15) is 0 Å². The normalized spacial score (nSPS) is 11.4. The van der Waals surface area contributed by atoms with Gasteiger partial charge in [0.15, 0.2) is 11.5 Å². The van der Waals surface area contributed by atoms with Gasteiger partial charge in [0.05, 0.1) is 15.9 Å². The van der Waals surface area contributed by atoms with Crippen LogP contribution in [0.15, 0.2) is 27.3 Å². The molecular weight excluding hydrogens is 421 g/mol. The molecule has 0 bridgehead atoms. The van der Waals surface area contributed by atoms with E-state index >= 15 is 0 Å². The third kappa shape index (κ3) is 5.21. The van der Waals surface area contributed by atoms with Crippen LogP contribution in [0.25, 0.3) is 0 Å². The fourth-order valence-corrected chi connectivity index (χ4v) is 2.88. The Labute approximate surface area is 151 Å². The van der Waals surface area contributed by atoms with Crippen LogP contribution in [0.1, 0.15) is 12.1 Å². The molecule has 0 fully saturated rings. The largest absolute Gasteiger partial charge is 0.365 e. The van der Waals surface area contributed by atoms with Gasteiger partial charge in [0.1, 0.15) is 15.7 Å². The van der Waals surface area contributed by atoms with Crippen LogP contribution in [0.2, 0.25) is 0 Å². The van der Waals surface area contributed by atoms with E-state index < -0.39 is 21.5 Å². The Morgan fingerprint density at radius 1 is 1.48 bits per heavy atom. The van der Waals surface area contributed by atoms with E-state index in [-0.39, 0.29) is 34.0 Å². The first kappa shape index (κ1) is 19.3. The van der Waals surface area contributed by atoms with Crippen LogP contribution >= 0.6 is 15.9 Å². The molecular formula is C13H15BrFN5O4S. The molecule has 1 heterocycles. The number of hydroxylamine groups is 1. The van der Waals surface area contributed by atoms with Crippen LogP contribution in [-0.2, 0) is 9.84 Å². The lowest BCUT2D eigenvalue weighted by atomic mass is 10.3. The van der Waals surface area contributed by atoms with E-state index in [9.17, 15) is 18.0 Å². The van der Waals surface area contributed by atoms with Crippen molar-refractivity contribution in [3.63, 3.8) is 0 Å². The first-order valence-corrected chi connectivity index (χ1v) is 9.81. The Morgan fingerprint density at radius 2 is 2.20 bits per heavy atom. The van der Waals surface area contributed by atoms with Crippen LogP contribution in [0.4, 0.5) is 15.9 Å².